The van der Waals surface area contributed by atoms with E-state index < -0.39 is 17.6 Å². The first-order valence-corrected chi connectivity index (χ1v) is 7.21. The van der Waals surface area contributed by atoms with Gasteiger partial charge in [-0.05, 0) is 11.8 Å². The van der Waals surface area contributed by atoms with Crippen molar-refractivity contribution in [2.45, 2.75) is 60.1 Å². The third-order valence-electron chi connectivity index (χ3n) is 3.54. The summed E-state index contributed by atoms with van der Waals surface area (Å²) in [7, 11) is 0. The fraction of sp³-hybridized carbons (Fsp3) is 0.867. The second kappa shape index (κ2) is 5.72. The first-order chi connectivity index (χ1) is 8.93. The molecule has 1 aliphatic rings. The number of hydrogen-bond donors (Lipinski definition) is 2. The maximum Gasteiger partial charge on any atom is 0.245 e. The van der Waals surface area contributed by atoms with E-state index in [-0.39, 0.29) is 17.2 Å². The van der Waals surface area contributed by atoms with Crippen molar-refractivity contribution in [1.29, 1.82) is 0 Å². The van der Waals surface area contributed by atoms with Gasteiger partial charge in [0.25, 0.3) is 0 Å². The molecule has 1 heterocycles. The summed E-state index contributed by atoms with van der Waals surface area (Å²) in [4.78, 5) is 26.4. The average Bonchev–Trinajstić information content (AvgIpc) is 2.68. The Bertz CT molecular complexity index is 380. The van der Waals surface area contributed by atoms with Crippen molar-refractivity contribution in [2.24, 2.45) is 10.8 Å². The number of aliphatic hydroxyl groups excluding tert-OH is 1. The summed E-state index contributed by atoms with van der Waals surface area (Å²) < 4.78 is 0. The number of hydrogen-bond acceptors (Lipinski definition) is 3. The van der Waals surface area contributed by atoms with Crippen molar-refractivity contribution in [3.8, 4) is 0 Å². The summed E-state index contributed by atoms with van der Waals surface area (Å²) >= 11 is 0. The van der Waals surface area contributed by atoms with Crippen LogP contribution in [0.25, 0.3) is 0 Å². The molecule has 5 heteroatoms. The predicted molar refractivity (Wildman–Crippen MR) is 78.0 cm³/mol. The Morgan fingerprint density at radius 2 is 1.75 bits per heavy atom. The number of amides is 2. The van der Waals surface area contributed by atoms with E-state index >= 15 is 0 Å². The molecule has 0 aromatic carbocycles. The molecule has 1 fully saturated rings. The maximum atomic E-state index is 12.6. The van der Waals surface area contributed by atoms with E-state index in [2.05, 4.69) is 5.32 Å². The highest BCUT2D eigenvalue weighted by atomic mass is 16.3. The molecule has 0 aromatic rings. The first kappa shape index (κ1) is 17.0. The minimum atomic E-state index is -0.570. The lowest BCUT2D eigenvalue weighted by atomic mass is 9.84. The largest absolute Gasteiger partial charge is 0.391 e. The number of carbonyl (C=O) groups excluding carboxylic acids is 2. The van der Waals surface area contributed by atoms with E-state index in [1.54, 1.807) is 4.90 Å². The lowest BCUT2D eigenvalue weighted by Crippen LogP contribution is -2.56. The van der Waals surface area contributed by atoms with Crippen molar-refractivity contribution in [3.63, 3.8) is 0 Å². The molecular formula is C15H28N2O3. The minimum absolute atomic E-state index is 0.105. The smallest absolute Gasteiger partial charge is 0.245 e. The summed E-state index contributed by atoms with van der Waals surface area (Å²) in [5, 5.41) is 12.4. The van der Waals surface area contributed by atoms with Gasteiger partial charge < -0.3 is 15.3 Å². The van der Waals surface area contributed by atoms with Gasteiger partial charge in [-0.15, -0.1) is 0 Å². The van der Waals surface area contributed by atoms with Crippen LogP contribution in [0.15, 0.2) is 0 Å². The molecule has 0 aliphatic carbocycles. The van der Waals surface area contributed by atoms with Crippen molar-refractivity contribution in [1.82, 2.24) is 10.2 Å². The van der Waals surface area contributed by atoms with E-state index in [0.717, 1.165) is 0 Å². The van der Waals surface area contributed by atoms with Crippen molar-refractivity contribution >= 4 is 11.8 Å². The lowest BCUT2D eigenvalue weighted by Gasteiger charge is -2.35. The molecule has 2 N–H and O–H groups in total. The molecule has 2 atom stereocenters. The molecule has 116 valence electrons. The van der Waals surface area contributed by atoms with E-state index in [1.165, 1.54) is 0 Å². The van der Waals surface area contributed by atoms with Crippen molar-refractivity contribution < 1.29 is 14.7 Å². The van der Waals surface area contributed by atoms with Crippen LogP contribution in [-0.2, 0) is 9.59 Å². The zero-order chi connectivity index (χ0) is 15.7. The number of aliphatic hydroxyl groups is 1. The Labute approximate surface area is 121 Å². The topological polar surface area (TPSA) is 69.6 Å². The van der Waals surface area contributed by atoms with Gasteiger partial charge in [0.05, 0.1) is 6.10 Å². The molecule has 1 aliphatic heterocycles. The van der Waals surface area contributed by atoms with Crippen LogP contribution in [0.5, 0.6) is 0 Å². The average molecular weight is 284 g/mol. The zero-order valence-corrected chi connectivity index (χ0v) is 13.5. The molecule has 0 aromatic heterocycles. The molecular weight excluding hydrogens is 256 g/mol. The van der Waals surface area contributed by atoms with Crippen LogP contribution in [0.4, 0.5) is 0 Å². The molecule has 20 heavy (non-hydrogen) atoms. The molecule has 0 bridgehead atoms. The van der Waals surface area contributed by atoms with E-state index in [1.807, 2.05) is 41.5 Å². The van der Waals surface area contributed by atoms with Gasteiger partial charge in [-0.25, -0.2) is 0 Å². The monoisotopic (exact) mass is 284 g/mol. The molecule has 0 saturated carbocycles. The Morgan fingerprint density at radius 3 is 2.10 bits per heavy atom. The summed E-state index contributed by atoms with van der Waals surface area (Å²) in [6.45, 7) is 12.2. The van der Waals surface area contributed by atoms with Crippen LogP contribution in [-0.4, -0.2) is 47.1 Å². The molecule has 0 unspecified atom stereocenters. The molecule has 2 amide bonds. The molecule has 0 radical (unpaired) electrons. The SMILES string of the molecule is CC(C)(C)C(=O)N[C@H](C(=O)N1CC[C@@H](O)C1)C(C)(C)C. The predicted octanol–water partition coefficient (Wildman–Crippen LogP) is 1.16. The van der Waals surface area contributed by atoms with Gasteiger partial charge in [0, 0.05) is 18.5 Å². The van der Waals surface area contributed by atoms with Crippen LogP contribution in [0, 0.1) is 10.8 Å². The third kappa shape index (κ3) is 4.20. The summed E-state index contributed by atoms with van der Waals surface area (Å²) in [6, 6.07) is -0.570. The van der Waals surface area contributed by atoms with Gasteiger partial charge in [0.1, 0.15) is 6.04 Å². The summed E-state index contributed by atoms with van der Waals surface area (Å²) in [5.41, 5.74) is -0.903. The highest BCUT2D eigenvalue weighted by Gasteiger charge is 2.39. The molecule has 1 rings (SSSR count). The minimum Gasteiger partial charge on any atom is -0.391 e. The normalized spacial score (nSPS) is 21.8. The highest BCUT2D eigenvalue weighted by molar-refractivity contribution is 5.90. The van der Waals surface area contributed by atoms with Gasteiger partial charge in [0.2, 0.25) is 11.8 Å². The molecule has 0 spiro atoms. The van der Waals surface area contributed by atoms with Gasteiger partial charge in [0.15, 0.2) is 0 Å². The number of rotatable bonds is 2. The van der Waals surface area contributed by atoms with Gasteiger partial charge in [-0.3, -0.25) is 9.59 Å². The van der Waals surface area contributed by atoms with E-state index in [9.17, 15) is 14.7 Å². The van der Waals surface area contributed by atoms with Crippen molar-refractivity contribution in [2.75, 3.05) is 13.1 Å². The zero-order valence-electron chi connectivity index (χ0n) is 13.5. The van der Waals surface area contributed by atoms with Crippen LogP contribution >= 0.6 is 0 Å². The maximum absolute atomic E-state index is 12.6. The Morgan fingerprint density at radius 1 is 1.20 bits per heavy atom. The van der Waals surface area contributed by atoms with Crippen LogP contribution < -0.4 is 5.32 Å². The van der Waals surface area contributed by atoms with Gasteiger partial charge >= 0.3 is 0 Å². The van der Waals surface area contributed by atoms with E-state index in [0.29, 0.717) is 19.5 Å². The summed E-state index contributed by atoms with van der Waals surface area (Å²) in [6.07, 6.45) is 0.161. The van der Waals surface area contributed by atoms with Gasteiger partial charge in [-0.1, -0.05) is 41.5 Å². The molecule has 1 saturated heterocycles. The Kier molecular flexibility index (Phi) is 4.85. The lowest BCUT2D eigenvalue weighted by molar-refractivity contribution is -0.141. The number of carbonyl (C=O) groups is 2. The second-order valence-electron chi connectivity index (χ2n) is 7.75. The van der Waals surface area contributed by atoms with Crippen molar-refractivity contribution in [3.05, 3.63) is 0 Å². The van der Waals surface area contributed by atoms with Crippen LogP contribution in [0.3, 0.4) is 0 Å². The second-order valence-corrected chi connectivity index (χ2v) is 7.75. The van der Waals surface area contributed by atoms with E-state index in [4.69, 9.17) is 0 Å². The first-order valence-electron chi connectivity index (χ1n) is 7.21. The van der Waals surface area contributed by atoms with Crippen LogP contribution in [0.1, 0.15) is 48.0 Å². The fourth-order valence-electron chi connectivity index (χ4n) is 2.12. The Balaban J connectivity index is 2.85. The number of nitrogens with zero attached hydrogens (tertiary/aromatic N) is 1. The van der Waals surface area contributed by atoms with Gasteiger partial charge in [-0.2, -0.15) is 0 Å². The standard InChI is InChI=1S/C15H28N2O3/c1-14(2,3)11(16-13(20)15(4,5)6)12(19)17-8-7-10(18)9-17/h10-11,18H,7-9H2,1-6H3,(H,16,20)/t10-,11-/m1/s1. The number of β-amino-alcohol motifs (C(OH)–C–C–N with tert-alkyl or cyclic N) is 1. The quantitative estimate of drug-likeness (QED) is 0.799. The third-order valence-corrected chi connectivity index (χ3v) is 3.54. The van der Waals surface area contributed by atoms with Crippen LogP contribution in [0.2, 0.25) is 0 Å². The Hall–Kier alpha value is -1.10. The fourth-order valence-corrected chi connectivity index (χ4v) is 2.12. The number of likely N-dealkylation sites (tertiary alicyclic amines) is 1. The molecule has 5 nitrogen and oxygen atoms in total. The highest BCUT2D eigenvalue weighted by Crippen LogP contribution is 2.24. The number of nitrogens with one attached hydrogen (secondary N) is 1. The summed E-state index contributed by atoms with van der Waals surface area (Å²) in [5.74, 6) is -0.239.